The van der Waals surface area contributed by atoms with E-state index >= 15 is 0 Å². The van der Waals surface area contributed by atoms with Crippen molar-refractivity contribution in [3.8, 4) is 56.1 Å². The summed E-state index contributed by atoms with van der Waals surface area (Å²) in [6.07, 6.45) is 6.87. The minimum absolute atomic E-state index is 0.949. The number of hydrogen-bond donors (Lipinski definition) is 0. The molecule has 0 unspecified atom stereocenters. The lowest BCUT2D eigenvalue weighted by Crippen LogP contribution is -1.95. The number of allylic oxidation sites excluding steroid dienone is 2. The predicted octanol–water partition coefficient (Wildman–Crippen LogP) is 14.2. The van der Waals surface area contributed by atoms with Gasteiger partial charge in [0.15, 0.2) is 0 Å². The molecule has 0 fully saturated rings. The van der Waals surface area contributed by atoms with Crippen LogP contribution in [0.1, 0.15) is 0 Å². The van der Waals surface area contributed by atoms with Crippen LogP contribution in [0.4, 0.5) is 0 Å². The molecule has 0 saturated carbocycles. The lowest BCUT2D eigenvalue weighted by Gasteiger charge is -2.16. The standard InChI is InChI=1S/C50H30N4.C4H6/c1-5-13-43-37(9-1)38-10-2-6-14-44(38)53(43)33-21-17-31(18-22-33)35-25-27-41-48-42(50-49(41)51-29-30-52-50)28-26-36(47(35)48)32-19-23-34(24-20-32)54-45-15-7-3-11-39(45)40-12-4-8-16-46(40)54;1-3-4-2/h1-30H;3-4H,1-2H2. The van der Waals surface area contributed by atoms with E-state index in [0.717, 1.165) is 33.9 Å². The summed E-state index contributed by atoms with van der Waals surface area (Å²) in [6, 6.07) is 61.8. The highest BCUT2D eigenvalue weighted by Crippen LogP contribution is 2.50. The van der Waals surface area contributed by atoms with Crippen molar-refractivity contribution in [3.05, 3.63) is 208 Å². The van der Waals surface area contributed by atoms with E-state index in [1.54, 1.807) is 24.5 Å². The Morgan fingerprint density at radius 2 is 0.655 bits per heavy atom. The van der Waals surface area contributed by atoms with Gasteiger partial charge in [-0.2, -0.15) is 0 Å². The molecule has 58 heavy (non-hydrogen) atoms. The van der Waals surface area contributed by atoms with E-state index in [0.29, 0.717) is 0 Å². The number of fused-ring (bicyclic) bond motifs is 9. The summed E-state index contributed by atoms with van der Waals surface area (Å²) >= 11 is 0. The summed E-state index contributed by atoms with van der Waals surface area (Å²) in [5.74, 6) is 0. The molecule has 0 saturated heterocycles. The maximum Gasteiger partial charge on any atom is 0.0971 e. The third-order valence-corrected chi connectivity index (χ3v) is 11.6. The summed E-state index contributed by atoms with van der Waals surface area (Å²) in [6.45, 7) is 6.72. The Morgan fingerprint density at radius 3 is 1.00 bits per heavy atom. The summed E-state index contributed by atoms with van der Waals surface area (Å²) in [5.41, 5.74) is 16.0. The number of nitrogens with zero attached hydrogens (tertiary/aromatic N) is 4. The van der Waals surface area contributed by atoms with E-state index in [-0.39, 0.29) is 0 Å². The first kappa shape index (κ1) is 33.5. The van der Waals surface area contributed by atoms with Crippen LogP contribution in [0.25, 0.3) is 111 Å². The largest absolute Gasteiger partial charge is 0.309 e. The van der Waals surface area contributed by atoms with Crippen molar-refractivity contribution >= 4 is 54.4 Å². The molecule has 12 rings (SSSR count). The topological polar surface area (TPSA) is 35.6 Å². The van der Waals surface area contributed by atoms with Crippen LogP contribution in [-0.4, -0.2) is 19.1 Å². The third-order valence-electron chi connectivity index (χ3n) is 11.6. The molecule has 0 radical (unpaired) electrons. The van der Waals surface area contributed by atoms with Crippen molar-refractivity contribution in [2.75, 3.05) is 0 Å². The average molecular weight is 741 g/mol. The maximum atomic E-state index is 4.82. The van der Waals surface area contributed by atoms with E-state index in [9.17, 15) is 0 Å². The second kappa shape index (κ2) is 13.4. The minimum atomic E-state index is 0.949. The van der Waals surface area contributed by atoms with Crippen LogP contribution in [0.15, 0.2) is 208 Å². The fourth-order valence-corrected chi connectivity index (χ4v) is 9.09. The van der Waals surface area contributed by atoms with Crippen LogP contribution >= 0.6 is 0 Å². The van der Waals surface area contributed by atoms with Gasteiger partial charge in [-0.3, -0.25) is 9.97 Å². The SMILES string of the molecule is C=CC=C.c1ccc2c(c1)c1ccccc1n2-c1ccc(-c2ccc3c4c(ccc(-c5ccc(-n6c7ccccc7c7ccccc76)cc5)c24)-c2nccnc2-3)cc1. The van der Waals surface area contributed by atoms with Crippen LogP contribution in [0.2, 0.25) is 0 Å². The van der Waals surface area contributed by atoms with Gasteiger partial charge in [0.25, 0.3) is 0 Å². The second-order valence-corrected chi connectivity index (χ2v) is 14.6. The first-order chi connectivity index (χ1) is 28.7. The van der Waals surface area contributed by atoms with Crippen molar-refractivity contribution in [3.63, 3.8) is 0 Å². The lowest BCUT2D eigenvalue weighted by molar-refractivity contribution is 1.18. The highest BCUT2D eigenvalue weighted by atomic mass is 15.0. The van der Waals surface area contributed by atoms with Crippen molar-refractivity contribution in [1.29, 1.82) is 0 Å². The van der Waals surface area contributed by atoms with E-state index in [2.05, 4.69) is 192 Å². The minimum Gasteiger partial charge on any atom is -0.309 e. The zero-order chi connectivity index (χ0) is 38.7. The van der Waals surface area contributed by atoms with Gasteiger partial charge in [-0.1, -0.05) is 147 Å². The Morgan fingerprint density at radius 1 is 0.345 bits per heavy atom. The molecule has 4 heteroatoms. The Bertz CT molecular complexity index is 3090. The molecule has 0 amide bonds. The normalized spacial score (nSPS) is 11.6. The number of para-hydroxylation sites is 4. The van der Waals surface area contributed by atoms with E-state index in [1.807, 2.05) is 0 Å². The van der Waals surface area contributed by atoms with Gasteiger partial charge in [0.05, 0.1) is 33.5 Å². The number of hydrogen-bond acceptors (Lipinski definition) is 2. The molecule has 1 aliphatic carbocycles. The molecule has 0 spiro atoms. The van der Waals surface area contributed by atoms with Gasteiger partial charge in [-0.25, -0.2) is 0 Å². The van der Waals surface area contributed by atoms with Crippen molar-refractivity contribution in [2.45, 2.75) is 0 Å². The molecule has 0 bridgehead atoms. The number of aromatic nitrogens is 4. The third kappa shape index (κ3) is 5.02. The van der Waals surface area contributed by atoms with E-state index in [1.165, 1.54) is 76.6 Å². The fourth-order valence-electron chi connectivity index (χ4n) is 9.09. The fraction of sp³-hybridized carbons (Fsp3) is 0. The van der Waals surface area contributed by atoms with Crippen LogP contribution in [0, 0.1) is 0 Å². The van der Waals surface area contributed by atoms with Crippen molar-refractivity contribution in [1.82, 2.24) is 19.1 Å². The highest BCUT2D eigenvalue weighted by Gasteiger charge is 2.27. The average Bonchev–Trinajstić information content (AvgIpc) is 3.93. The zero-order valence-electron chi connectivity index (χ0n) is 31.7. The van der Waals surface area contributed by atoms with Gasteiger partial charge < -0.3 is 9.13 Å². The molecule has 0 aliphatic heterocycles. The van der Waals surface area contributed by atoms with Crippen LogP contribution in [0.5, 0.6) is 0 Å². The summed E-state index contributed by atoms with van der Waals surface area (Å²) < 4.78 is 4.75. The Labute approximate surface area is 335 Å². The number of rotatable bonds is 5. The first-order valence-corrected chi connectivity index (χ1v) is 19.6. The molecular formula is C54H36N4. The van der Waals surface area contributed by atoms with Crippen molar-refractivity contribution in [2.24, 2.45) is 0 Å². The molecule has 1 aliphatic rings. The van der Waals surface area contributed by atoms with Crippen LogP contribution in [0.3, 0.4) is 0 Å². The Hall–Kier alpha value is -7.82. The molecule has 4 nitrogen and oxygen atoms in total. The summed E-state index contributed by atoms with van der Waals surface area (Å²) in [5, 5.41) is 7.49. The van der Waals surface area contributed by atoms with Gasteiger partial charge in [0.1, 0.15) is 0 Å². The Kier molecular flexibility index (Phi) is 7.76. The van der Waals surface area contributed by atoms with Crippen LogP contribution in [-0.2, 0) is 0 Å². The van der Waals surface area contributed by atoms with E-state index in [4.69, 9.17) is 9.97 Å². The Balaban J connectivity index is 0.000000924. The molecule has 3 heterocycles. The van der Waals surface area contributed by atoms with Gasteiger partial charge in [-0.05, 0) is 76.2 Å². The number of benzene rings is 8. The summed E-state index contributed by atoms with van der Waals surface area (Å²) in [4.78, 5) is 9.63. The molecule has 3 aromatic heterocycles. The summed E-state index contributed by atoms with van der Waals surface area (Å²) in [7, 11) is 0. The van der Waals surface area contributed by atoms with Crippen LogP contribution < -0.4 is 0 Å². The zero-order valence-corrected chi connectivity index (χ0v) is 31.7. The monoisotopic (exact) mass is 740 g/mol. The predicted molar refractivity (Wildman–Crippen MR) is 244 cm³/mol. The lowest BCUT2D eigenvalue weighted by atomic mass is 9.88. The molecule has 0 N–H and O–H groups in total. The molecule has 0 atom stereocenters. The van der Waals surface area contributed by atoms with Gasteiger partial charge >= 0.3 is 0 Å². The molecular weight excluding hydrogens is 705 g/mol. The van der Waals surface area contributed by atoms with Crippen molar-refractivity contribution < 1.29 is 0 Å². The van der Waals surface area contributed by atoms with Gasteiger partial charge in [-0.15, -0.1) is 0 Å². The molecule has 11 aromatic rings. The quantitative estimate of drug-likeness (QED) is 0.165. The van der Waals surface area contributed by atoms with Gasteiger partial charge in [0.2, 0.25) is 0 Å². The molecule has 272 valence electrons. The molecule has 8 aromatic carbocycles. The smallest absolute Gasteiger partial charge is 0.0971 e. The highest BCUT2D eigenvalue weighted by molar-refractivity contribution is 6.21. The second-order valence-electron chi connectivity index (χ2n) is 14.6. The first-order valence-electron chi connectivity index (χ1n) is 19.6. The van der Waals surface area contributed by atoms with E-state index < -0.39 is 0 Å². The maximum absolute atomic E-state index is 4.82. The van der Waals surface area contributed by atoms with Gasteiger partial charge in [0, 0.05) is 61.8 Å².